The number of hydrogen-bond acceptors (Lipinski definition) is 5. The van der Waals surface area contributed by atoms with E-state index in [0.717, 1.165) is 47.4 Å². The van der Waals surface area contributed by atoms with E-state index < -0.39 is 17.7 Å². The number of halogens is 3. The van der Waals surface area contributed by atoms with Crippen LogP contribution in [0.4, 0.5) is 13.2 Å². The highest BCUT2D eigenvalue weighted by atomic mass is 32.2. The Balaban J connectivity index is 1.81. The van der Waals surface area contributed by atoms with Crippen molar-refractivity contribution in [3.05, 3.63) is 64.0 Å². The topological polar surface area (TPSA) is 56.3 Å². The Bertz CT molecular complexity index is 1100. The zero-order valence-electron chi connectivity index (χ0n) is 20.4. The number of esters is 1. The Hall–Kier alpha value is -2.61. The molecule has 35 heavy (non-hydrogen) atoms. The SMILES string of the molecule is CCc1cc(C)cc(CC)c1C1=C(OC(C)=O)CC(CCSc2ccc(C(F)(F)F)cn2)CC1=O. The van der Waals surface area contributed by atoms with Crippen molar-refractivity contribution < 1.29 is 27.5 Å². The zero-order valence-corrected chi connectivity index (χ0v) is 21.2. The monoisotopic (exact) mass is 505 g/mol. The molecule has 1 aliphatic carbocycles. The van der Waals surface area contributed by atoms with Crippen LogP contribution < -0.4 is 0 Å². The molecule has 1 unspecified atom stereocenters. The number of carbonyl (C=O) groups is 2. The Labute approximate surface area is 208 Å². The standard InChI is InChI=1S/C27H30F3NO3S/c1-5-19-11-16(3)12-20(6-2)25(19)26-22(33)13-18(14-23(26)34-17(4)32)9-10-35-24-8-7-21(15-31-24)27(28,29)30/h7-8,11-12,15,18H,5-6,9-10,13-14H2,1-4H3. The van der Waals surface area contributed by atoms with E-state index in [1.54, 1.807) is 0 Å². The minimum Gasteiger partial charge on any atom is -0.430 e. The molecule has 0 spiro atoms. The molecule has 3 rings (SSSR count). The number of aromatic nitrogens is 1. The highest BCUT2D eigenvalue weighted by molar-refractivity contribution is 7.99. The molecule has 8 heteroatoms. The highest BCUT2D eigenvalue weighted by Gasteiger charge is 2.33. The fourth-order valence-corrected chi connectivity index (χ4v) is 5.44. The van der Waals surface area contributed by atoms with E-state index in [4.69, 9.17) is 4.74 Å². The molecule has 0 saturated heterocycles. The molecule has 2 aromatic rings. The van der Waals surface area contributed by atoms with Crippen LogP contribution >= 0.6 is 11.8 Å². The summed E-state index contributed by atoms with van der Waals surface area (Å²) in [5.74, 6) is 0.484. The zero-order chi connectivity index (χ0) is 25.8. The van der Waals surface area contributed by atoms with Gasteiger partial charge in [-0.05, 0) is 66.7 Å². The van der Waals surface area contributed by atoms with E-state index in [1.165, 1.54) is 24.8 Å². The van der Waals surface area contributed by atoms with Gasteiger partial charge < -0.3 is 4.74 Å². The number of carbonyl (C=O) groups excluding carboxylic acids is 2. The lowest BCUT2D eigenvalue weighted by Gasteiger charge is -2.28. The van der Waals surface area contributed by atoms with Crippen LogP contribution in [0.25, 0.3) is 5.57 Å². The maximum atomic E-state index is 13.4. The molecule has 1 aliphatic rings. The fourth-order valence-electron chi connectivity index (χ4n) is 4.49. The lowest BCUT2D eigenvalue weighted by Crippen LogP contribution is -2.23. The van der Waals surface area contributed by atoms with Gasteiger partial charge in [0.05, 0.1) is 16.2 Å². The summed E-state index contributed by atoms with van der Waals surface area (Å²) in [6, 6.07) is 6.54. The van der Waals surface area contributed by atoms with E-state index in [0.29, 0.717) is 41.4 Å². The van der Waals surface area contributed by atoms with Crippen LogP contribution in [0, 0.1) is 12.8 Å². The molecule has 0 bridgehead atoms. The third-order valence-corrected chi connectivity index (χ3v) is 7.05. The molecular weight excluding hydrogens is 475 g/mol. The second-order valence-electron chi connectivity index (χ2n) is 8.77. The number of allylic oxidation sites excluding steroid dienone is 2. The number of nitrogens with zero attached hydrogens (tertiary/aromatic N) is 1. The van der Waals surface area contributed by atoms with Crippen LogP contribution in [0.1, 0.15) is 67.9 Å². The van der Waals surface area contributed by atoms with Gasteiger partial charge in [0, 0.05) is 26.0 Å². The molecule has 1 atom stereocenters. The van der Waals surface area contributed by atoms with Crippen molar-refractivity contribution in [2.45, 2.75) is 71.0 Å². The summed E-state index contributed by atoms with van der Waals surface area (Å²) in [5.41, 5.74) is 3.89. The summed E-state index contributed by atoms with van der Waals surface area (Å²) >= 11 is 1.35. The Morgan fingerprint density at radius 2 is 1.80 bits per heavy atom. The fraction of sp³-hybridized carbons (Fsp3) is 0.444. The number of Topliss-reactive ketones (excluding diaryl/α,β-unsaturated/α-hetero) is 1. The van der Waals surface area contributed by atoms with Crippen molar-refractivity contribution in [1.82, 2.24) is 4.98 Å². The Kier molecular flexibility index (Phi) is 8.80. The summed E-state index contributed by atoms with van der Waals surface area (Å²) in [6.07, 6.45) is -0.626. The Morgan fingerprint density at radius 3 is 2.31 bits per heavy atom. The van der Waals surface area contributed by atoms with Gasteiger partial charge >= 0.3 is 12.1 Å². The second-order valence-corrected chi connectivity index (χ2v) is 9.89. The number of pyridine rings is 1. The van der Waals surface area contributed by atoms with Crippen LogP contribution in [0.2, 0.25) is 0 Å². The quantitative estimate of drug-likeness (QED) is 0.286. The molecule has 1 heterocycles. The summed E-state index contributed by atoms with van der Waals surface area (Å²) in [4.78, 5) is 29.2. The molecule has 4 nitrogen and oxygen atoms in total. The summed E-state index contributed by atoms with van der Waals surface area (Å²) in [7, 11) is 0. The molecule has 1 aromatic heterocycles. The van der Waals surface area contributed by atoms with Crippen molar-refractivity contribution in [3.8, 4) is 0 Å². The first-order valence-corrected chi connectivity index (χ1v) is 12.8. The van der Waals surface area contributed by atoms with Crippen molar-refractivity contribution in [2.24, 2.45) is 5.92 Å². The van der Waals surface area contributed by atoms with Gasteiger partial charge in [-0.15, -0.1) is 11.8 Å². The number of aryl methyl sites for hydroxylation is 3. The molecule has 0 fully saturated rings. The molecule has 0 N–H and O–H groups in total. The third-order valence-electron chi connectivity index (χ3n) is 6.07. The number of benzene rings is 1. The van der Waals surface area contributed by atoms with Gasteiger partial charge in [0.2, 0.25) is 0 Å². The van der Waals surface area contributed by atoms with Crippen molar-refractivity contribution >= 4 is 29.1 Å². The van der Waals surface area contributed by atoms with Crippen LogP contribution in [0.3, 0.4) is 0 Å². The largest absolute Gasteiger partial charge is 0.430 e. The van der Waals surface area contributed by atoms with E-state index >= 15 is 0 Å². The van der Waals surface area contributed by atoms with Gasteiger partial charge in [-0.25, -0.2) is 4.98 Å². The van der Waals surface area contributed by atoms with E-state index in [9.17, 15) is 22.8 Å². The van der Waals surface area contributed by atoms with Gasteiger partial charge in [-0.3, -0.25) is 9.59 Å². The summed E-state index contributed by atoms with van der Waals surface area (Å²) in [6.45, 7) is 7.46. The second kappa shape index (κ2) is 11.4. The van der Waals surface area contributed by atoms with Crippen LogP contribution in [-0.2, 0) is 33.3 Å². The first-order chi connectivity index (χ1) is 16.5. The summed E-state index contributed by atoms with van der Waals surface area (Å²) < 4.78 is 43.8. The molecule has 0 radical (unpaired) electrons. The number of thioether (sulfide) groups is 1. The first-order valence-electron chi connectivity index (χ1n) is 11.8. The number of ether oxygens (including phenoxy) is 1. The van der Waals surface area contributed by atoms with Gasteiger partial charge in [0.15, 0.2) is 5.78 Å². The number of alkyl halides is 3. The number of ketones is 1. The molecular formula is C27H30F3NO3S. The van der Waals surface area contributed by atoms with Crippen molar-refractivity contribution in [3.63, 3.8) is 0 Å². The van der Waals surface area contributed by atoms with Crippen LogP contribution in [0.15, 0.2) is 41.2 Å². The van der Waals surface area contributed by atoms with Crippen LogP contribution in [0.5, 0.6) is 0 Å². The van der Waals surface area contributed by atoms with Crippen molar-refractivity contribution in [2.75, 3.05) is 5.75 Å². The van der Waals surface area contributed by atoms with Gasteiger partial charge in [0.1, 0.15) is 5.76 Å². The van der Waals surface area contributed by atoms with Gasteiger partial charge in [-0.2, -0.15) is 13.2 Å². The maximum absolute atomic E-state index is 13.4. The number of hydrogen-bond donors (Lipinski definition) is 0. The molecule has 0 amide bonds. The average Bonchev–Trinajstić information content (AvgIpc) is 2.78. The predicted molar refractivity (Wildman–Crippen MR) is 131 cm³/mol. The van der Waals surface area contributed by atoms with Gasteiger partial charge in [0.25, 0.3) is 0 Å². The van der Waals surface area contributed by atoms with E-state index in [2.05, 4.69) is 17.1 Å². The predicted octanol–water partition coefficient (Wildman–Crippen LogP) is 6.97. The maximum Gasteiger partial charge on any atom is 0.417 e. The lowest BCUT2D eigenvalue weighted by atomic mass is 9.79. The summed E-state index contributed by atoms with van der Waals surface area (Å²) in [5, 5.41) is 0.497. The highest BCUT2D eigenvalue weighted by Crippen LogP contribution is 2.39. The third kappa shape index (κ3) is 6.75. The normalized spacial score (nSPS) is 16.5. The van der Waals surface area contributed by atoms with Gasteiger partial charge in [-0.1, -0.05) is 31.5 Å². The number of rotatable bonds is 8. The first kappa shape index (κ1) is 27.0. The minimum atomic E-state index is -4.41. The molecule has 0 aliphatic heterocycles. The van der Waals surface area contributed by atoms with Crippen molar-refractivity contribution in [1.29, 1.82) is 0 Å². The molecule has 0 saturated carbocycles. The lowest BCUT2D eigenvalue weighted by molar-refractivity contribution is -0.138. The van der Waals surface area contributed by atoms with E-state index in [-0.39, 0.29) is 11.7 Å². The minimum absolute atomic E-state index is 0.0249. The average molecular weight is 506 g/mol. The Morgan fingerprint density at radius 1 is 1.14 bits per heavy atom. The molecule has 188 valence electrons. The van der Waals surface area contributed by atoms with Crippen LogP contribution in [-0.4, -0.2) is 22.5 Å². The smallest absolute Gasteiger partial charge is 0.417 e. The van der Waals surface area contributed by atoms with E-state index in [1.807, 2.05) is 20.8 Å². The molecule has 1 aromatic carbocycles.